The van der Waals surface area contributed by atoms with E-state index in [9.17, 15) is 14.7 Å². The summed E-state index contributed by atoms with van der Waals surface area (Å²) in [7, 11) is 1.65. The van der Waals surface area contributed by atoms with Crippen molar-refractivity contribution in [3.63, 3.8) is 0 Å². The first kappa shape index (κ1) is 19.1. The minimum absolute atomic E-state index is 0.0157. The lowest BCUT2D eigenvalue weighted by Crippen LogP contribution is -2.44. The van der Waals surface area contributed by atoms with E-state index in [1.165, 1.54) is 0 Å². The molecule has 0 fully saturated rings. The highest BCUT2D eigenvalue weighted by Crippen LogP contribution is 2.04. The van der Waals surface area contributed by atoms with E-state index in [0.717, 1.165) is 18.5 Å². The van der Waals surface area contributed by atoms with E-state index in [0.29, 0.717) is 6.61 Å². The Kier molecular flexibility index (Phi) is 8.94. The molecule has 0 radical (unpaired) electrons. The number of benzene rings is 1. The van der Waals surface area contributed by atoms with E-state index in [2.05, 4.69) is 10.6 Å². The van der Waals surface area contributed by atoms with Gasteiger partial charge in [0.1, 0.15) is 6.04 Å². The van der Waals surface area contributed by atoms with Gasteiger partial charge in [-0.25, -0.2) is 4.79 Å². The van der Waals surface area contributed by atoms with E-state index in [-0.39, 0.29) is 24.8 Å². The maximum atomic E-state index is 12.0. The van der Waals surface area contributed by atoms with Gasteiger partial charge in [-0.1, -0.05) is 30.3 Å². The van der Waals surface area contributed by atoms with E-state index in [1.807, 2.05) is 37.3 Å². The Morgan fingerprint density at radius 1 is 1.26 bits per heavy atom. The quantitative estimate of drug-likeness (QED) is 0.533. The molecule has 1 amide bonds. The van der Waals surface area contributed by atoms with Crippen LogP contribution in [-0.2, 0) is 20.7 Å². The number of hydrogen-bond donors (Lipinski definition) is 3. The first-order chi connectivity index (χ1) is 11.0. The highest BCUT2D eigenvalue weighted by molar-refractivity contribution is 5.84. The van der Waals surface area contributed by atoms with Crippen LogP contribution in [-0.4, -0.2) is 49.3 Å². The molecule has 6 nitrogen and oxygen atoms in total. The molecule has 6 heteroatoms. The van der Waals surface area contributed by atoms with Crippen LogP contribution >= 0.6 is 0 Å². The number of amides is 1. The molecular weight excluding hydrogens is 296 g/mol. The van der Waals surface area contributed by atoms with Crippen molar-refractivity contribution in [2.45, 2.75) is 38.3 Å². The van der Waals surface area contributed by atoms with E-state index >= 15 is 0 Å². The van der Waals surface area contributed by atoms with Gasteiger partial charge in [0.05, 0.1) is 0 Å². The fraction of sp³-hybridized carbons (Fsp3) is 0.529. The number of methoxy groups -OCH3 is 1. The minimum atomic E-state index is -1.03. The number of aliphatic carboxylic acids is 1. The second kappa shape index (κ2) is 10.7. The summed E-state index contributed by atoms with van der Waals surface area (Å²) in [6.45, 7) is 3.33. The number of carboxylic acids is 1. The second-order valence-electron chi connectivity index (χ2n) is 5.55. The van der Waals surface area contributed by atoms with Crippen LogP contribution in [0.4, 0.5) is 0 Å². The first-order valence-electron chi connectivity index (χ1n) is 7.81. The maximum Gasteiger partial charge on any atom is 0.326 e. The lowest BCUT2D eigenvalue weighted by Gasteiger charge is -2.17. The fourth-order valence-corrected chi connectivity index (χ4v) is 2.22. The molecule has 128 valence electrons. The summed E-state index contributed by atoms with van der Waals surface area (Å²) in [5, 5.41) is 15.1. The SMILES string of the molecule is COCCCNC(C)CC(=O)N[C@@H](Cc1ccccc1)C(=O)O. The monoisotopic (exact) mass is 322 g/mol. The van der Waals surface area contributed by atoms with Crippen molar-refractivity contribution in [3.8, 4) is 0 Å². The molecule has 1 rings (SSSR count). The van der Waals surface area contributed by atoms with Crippen molar-refractivity contribution >= 4 is 11.9 Å². The Morgan fingerprint density at radius 3 is 2.57 bits per heavy atom. The van der Waals surface area contributed by atoms with Gasteiger partial charge in [-0.05, 0) is 25.5 Å². The maximum absolute atomic E-state index is 12.0. The zero-order chi connectivity index (χ0) is 17.1. The zero-order valence-corrected chi connectivity index (χ0v) is 13.7. The van der Waals surface area contributed by atoms with Crippen LogP contribution in [0.2, 0.25) is 0 Å². The average molecular weight is 322 g/mol. The highest BCUT2D eigenvalue weighted by Gasteiger charge is 2.21. The van der Waals surface area contributed by atoms with Gasteiger partial charge in [0.15, 0.2) is 0 Å². The summed E-state index contributed by atoms with van der Waals surface area (Å²) < 4.78 is 4.96. The van der Waals surface area contributed by atoms with Gasteiger partial charge in [-0.2, -0.15) is 0 Å². The largest absolute Gasteiger partial charge is 0.480 e. The normalized spacial score (nSPS) is 13.3. The molecule has 1 unspecified atom stereocenters. The molecule has 0 aliphatic carbocycles. The molecule has 23 heavy (non-hydrogen) atoms. The Bertz CT molecular complexity index is 479. The van der Waals surface area contributed by atoms with Crippen LogP contribution in [0.15, 0.2) is 30.3 Å². The third-order valence-corrected chi connectivity index (χ3v) is 3.43. The van der Waals surface area contributed by atoms with Gasteiger partial charge >= 0.3 is 5.97 Å². The molecule has 0 aliphatic rings. The van der Waals surface area contributed by atoms with Gasteiger partial charge in [-0.15, -0.1) is 0 Å². The van der Waals surface area contributed by atoms with E-state index in [1.54, 1.807) is 7.11 Å². The molecule has 1 aromatic carbocycles. The van der Waals surface area contributed by atoms with Crippen LogP contribution in [0, 0.1) is 0 Å². The van der Waals surface area contributed by atoms with Crippen LogP contribution in [0.25, 0.3) is 0 Å². The zero-order valence-electron chi connectivity index (χ0n) is 13.7. The number of ether oxygens (including phenoxy) is 1. The van der Waals surface area contributed by atoms with E-state index < -0.39 is 12.0 Å². The second-order valence-corrected chi connectivity index (χ2v) is 5.55. The van der Waals surface area contributed by atoms with Crippen molar-refractivity contribution < 1.29 is 19.4 Å². The van der Waals surface area contributed by atoms with Gasteiger partial charge in [0, 0.05) is 32.6 Å². The summed E-state index contributed by atoms with van der Waals surface area (Å²) >= 11 is 0. The van der Waals surface area contributed by atoms with Gasteiger partial charge < -0.3 is 20.5 Å². The summed E-state index contributed by atoms with van der Waals surface area (Å²) in [6, 6.07) is 8.34. The van der Waals surface area contributed by atoms with Gasteiger partial charge in [0.25, 0.3) is 0 Å². The Morgan fingerprint density at radius 2 is 1.96 bits per heavy atom. The van der Waals surface area contributed by atoms with Crippen LogP contribution in [0.1, 0.15) is 25.3 Å². The molecule has 0 saturated heterocycles. The number of carbonyl (C=O) groups excluding carboxylic acids is 1. The predicted octanol–water partition coefficient (Wildman–Crippen LogP) is 1.20. The molecule has 0 aliphatic heterocycles. The average Bonchev–Trinajstić information content (AvgIpc) is 2.52. The van der Waals surface area contributed by atoms with Crippen LogP contribution in [0.3, 0.4) is 0 Å². The molecule has 1 aromatic rings. The molecule has 0 saturated carbocycles. The first-order valence-corrected chi connectivity index (χ1v) is 7.81. The molecule has 0 spiro atoms. The third kappa shape index (κ3) is 8.32. The van der Waals surface area contributed by atoms with Crippen molar-refractivity contribution in [1.29, 1.82) is 0 Å². The topological polar surface area (TPSA) is 87.7 Å². The summed E-state index contributed by atoms with van der Waals surface area (Å²) in [5.41, 5.74) is 0.880. The lowest BCUT2D eigenvalue weighted by molar-refractivity contribution is -0.141. The number of hydrogen-bond acceptors (Lipinski definition) is 4. The van der Waals surface area contributed by atoms with Gasteiger partial charge in [0.2, 0.25) is 5.91 Å². The molecule has 3 N–H and O–H groups in total. The summed E-state index contributed by atoms with van der Waals surface area (Å²) in [4.78, 5) is 23.3. The lowest BCUT2D eigenvalue weighted by atomic mass is 10.1. The standard InChI is InChI=1S/C17H26N2O4/c1-13(18-9-6-10-23-2)11-16(20)19-15(17(21)22)12-14-7-4-3-5-8-14/h3-5,7-8,13,15,18H,6,9-12H2,1-2H3,(H,19,20)(H,21,22)/t13?,15-/m0/s1. The van der Waals surface area contributed by atoms with Crippen LogP contribution in [0.5, 0.6) is 0 Å². The van der Waals surface area contributed by atoms with E-state index in [4.69, 9.17) is 4.74 Å². The number of rotatable bonds is 11. The van der Waals surface area contributed by atoms with Crippen molar-refractivity contribution in [2.24, 2.45) is 0 Å². The van der Waals surface area contributed by atoms with Crippen molar-refractivity contribution in [3.05, 3.63) is 35.9 Å². The predicted molar refractivity (Wildman–Crippen MR) is 88.3 cm³/mol. The third-order valence-electron chi connectivity index (χ3n) is 3.43. The summed E-state index contributed by atoms with van der Waals surface area (Å²) in [6.07, 6.45) is 1.39. The molecule has 0 heterocycles. The molecule has 0 aromatic heterocycles. The van der Waals surface area contributed by atoms with Crippen molar-refractivity contribution in [1.82, 2.24) is 10.6 Å². The smallest absolute Gasteiger partial charge is 0.326 e. The van der Waals surface area contributed by atoms with Crippen LogP contribution < -0.4 is 10.6 Å². The highest BCUT2D eigenvalue weighted by atomic mass is 16.5. The molecular formula is C17H26N2O4. The Balaban J connectivity index is 2.40. The Labute approximate surface area is 137 Å². The molecule has 2 atom stereocenters. The fourth-order valence-electron chi connectivity index (χ4n) is 2.22. The molecule has 0 bridgehead atoms. The Hall–Kier alpha value is -1.92. The minimum Gasteiger partial charge on any atom is -0.480 e. The number of carbonyl (C=O) groups is 2. The summed E-state index contributed by atoms with van der Waals surface area (Å²) in [5.74, 6) is -1.29. The van der Waals surface area contributed by atoms with Crippen molar-refractivity contribution in [2.75, 3.05) is 20.3 Å². The number of nitrogens with one attached hydrogen (secondary N) is 2. The number of carboxylic acid groups (broad SMARTS) is 1. The van der Waals surface area contributed by atoms with Gasteiger partial charge in [-0.3, -0.25) is 4.79 Å².